The molecule has 6 nitrogen and oxygen atoms in total. The van der Waals surface area contributed by atoms with Crippen LogP contribution in [0.1, 0.15) is 5.69 Å². The number of fused-ring (bicyclic) bond motifs is 1. The number of thiazole rings is 1. The number of nitrogens with zero attached hydrogens (tertiary/aromatic N) is 4. The number of hydrogen-bond acceptors (Lipinski definition) is 6. The molecule has 0 aromatic carbocycles. The molecule has 1 saturated heterocycles. The van der Waals surface area contributed by atoms with Crippen LogP contribution in [0.5, 0.6) is 0 Å². The highest BCUT2D eigenvalue weighted by Crippen LogP contribution is 2.34. The summed E-state index contributed by atoms with van der Waals surface area (Å²) in [7, 11) is 1.90. The van der Waals surface area contributed by atoms with Gasteiger partial charge in [0.1, 0.15) is 0 Å². The number of hydrogen-bond donors (Lipinski definition) is 2. The first-order valence-electron chi connectivity index (χ1n) is 6.40. The molecule has 1 aliphatic rings. The van der Waals surface area contributed by atoms with Crippen molar-refractivity contribution in [3.05, 3.63) is 5.69 Å². The standard InChI is InChI=1S/C12H18N4O2S/c1-7-10-11(15(2)14-7)13-12(19-10)16-3-8(5-17)9(4-16)6-18/h8-9,17-18H,3-6H2,1-2H3/t8-,9-/m0/s1. The Balaban J connectivity index is 1.91. The third-order valence-corrected chi connectivity index (χ3v) is 5.06. The molecule has 2 atom stereocenters. The maximum atomic E-state index is 9.35. The zero-order chi connectivity index (χ0) is 13.6. The molecule has 2 aromatic rings. The van der Waals surface area contributed by atoms with Crippen LogP contribution in [0.2, 0.25) is 0 Å². The quantitative estimate of drug-likeness (QED) is 0.851. The Morgan fingerprint density at radius 2 is 1.89 bits per heavy atom. The van der Waals surface area contributed by atoms with E-state index in [4.69, 9.17) is 0 Å². The van der Waals surface area contributed by atoms with E-state index in [1.165, 1.54) is 0 Å². The molecule has 104 valence electrons. The zero-order valence-electron chi connectivity index (χ0n) is 11.1. The molecular formula is C12H18N4O2S. The fourth-order valence-corrected chi connectivity index (χ4v) is 3.77. The van der Waals surface area contributed by atoms with E-state index in [-0.39, 0.29) is 25.0 Å². The summed E-state index contributed by atoms with van der Waals surface area (Å²) in [5, 5.41) is 24.0. The fraction of sp³-hybridized carbons (Fsp3) is 0.667. The molecule has 0 saturated carbocycles. The van der Waals surface area contributed by atoms with Crippen LogP contribution in [0.15, 0.2) is 0 Å². The second kappa shape index (κ2) is 4.73. The smallest absolute Gasteiger partial charge is 0.188 e. The molecule has 0 spiro atoms. The lowest BCUT2D eigenvalue weighted by Crippen LogP contribution is -2.20. The minimum absolute atomic E-state index is 0.118. The van der Waals surface area contributed by atoms with Crippen molar-refractivity contribution in [2.75, 3.05) is 31.2 Å². The highest BCUT2D eigenvalue weighted by atomic mass is 32.1. The summed E-state index contributed by atoms with van der Waals surface area (Å²) in [5.74, 6) is 0.271. The Morgan fingerprint density at radius 1 is 1.26 bits per heavy atom. The predicted octanol–water partition coefficient (Wildman–Crippen LogP) is 0.375. The van der Waals surface area contributed by atoms with Crippen LogP contribution < -0.4 is 4.90 Å². The number of aromatic nitrogens is 3. The van der Waals surface area contributed by atoms with Crippen LogP contribution >= 0.6 is 11.3 Å². The molecule has 2 N–H and O–H groups in total. The van der Waals surface area contributed by atoms with Crippen LogP contribution in [-0.2, 0) is 7.05 Å². The molecule has 19 heavy (non-hydrogen) atoms. The summed E-state index contributed by atoms with van der Waals surface area (Å²) in [6.45, 7) is 3.74. The topological polar surface area (TPSA) is 74.4 Å². The van der Waals surface area contributed by atoms with Crippen molar-refractivity contribution in [2.45, 2.75) is 6.92 Å². The van der Waals surface area contributed by atoms with E-state index < -0.39 is 0 Å². The van der Waals surface area contributed by atoms with Crippen molar-refractivity contribution in [1.82, 2.24) is 14.8 Å². The third kappa shape index (κ3) is 2.01. The van der Waals surface area contributed by atoms with Gasteiger partial charge in [-0.3, -0.25) is 0 Å². The number of aliphatic hydroxyl groups is 2. The SMILES string of the molecule is Cc1nn(C)c2nc(N3C[C@@H](CO)[C@H](CO)C3)sc12. The first kappa shape index (κ1) is 12.8. The third-order valence-electron chi connectivity index (χ3n) is 3.85. The minimum atomic E-state index is 0.118. The van der Waals surface area contributed by atoms with Crippen LogP contribution in [0.4, 0.5) is 5.13 Å². The van der Waals surface area contributed by atoms with E-state index in [0.29, 0.717) is 0 Å². The monoisotopic (exact) mass is 282 g/mol. The van der Waals surface area contributed by atoms with Crippen LogP contribution in [0, 0.1) is 18.8 Å². The molecule has 0 amide bonds. The van der Waals surface area contributed by atoms with Gasteiger partial charge in [0.25, 0.3) is 0 Å². The van der Waals surface area contributed by atoms with Crippen molar-refractivity contribution in [3.63, 3.8) is 0 Å². The second-order valence-electron chi connectivity index (χ2n) is 5.15. The van der Waals surface area contributed by atoms with Crippen LogP contribution in [-0.4, -0.2) is 51.3 Å². The van der Waals surface area contributed by atoms with Crippen molar-refractivity contribution in [1.29, 1.82) is 0 Å². The van der Waals surface area contributed by atoms with Gasteiger partial charge in [-0.05, 0) is 6.92 Å². The average Bonchev–Trinajstić information content (AvgIpc) is 3.06. The van der Waals surface area contributed by atoms with E-state index in [9.17, 15) is 10.2 Å². The van der Waals surface area contributed by atoms with Gasteiger partial charge in [-0.1, -0.05) is 11.3 Å². The fourth-order valence-electron chi connectivity index (χ4n) is 2.72. The lowest BCUT2D eigenvalue weighted by Gasteiger charge is -2.13. The molecule has 1 aliphatic heterocycles. The second-order valence-corrected chi connectivity index (χ2v) is 6.13. The van der Waals surface area contributed by atoms with Crippen molar-refractivity contribution >= 4 is 26.8 Å². The number of aryl methyl sites for hydroxylation is 2. The van der Waals surface area contributed by atoms with Gasteiger partial charge in [0, 0.05) is 45.2 Å². The number of aliphatic hydroxyl groups excluding tert-OH is 2. The van der Waals surface area contributed by atoms with Crippen molar-refractivity contribution < 1.29 is 10.2 Å². The molecule has 2 aromatic heterocycles. The van der Waals surface area contributed by atoms with Gasteiger partial charge >= 0.3 is 0 Å². The van der Waals surface area contributed by atoms with Gasteiger partial charge in [0.15, 0.2) is 10.8 Å². The number of rotatable bonds is 3. The molecular weight excluding hydrogens is 264 g/mol. The van der Waals surface area contributed by atoms with Crippen LogP contribution in [0.25, 0.3) is 10.3 Å². The molecule has 0 unspecified atom stereocenters. The summed E-state index contributed by atoms with van der Waals surface area (Å²) in [6.07, 6.45) is 0. The van der Waals surface area contributed by atoms with Gasteiger partial charge < -0.3 is 15.1 Å². The zero-order valence-corrected chi connectivity index (χ0v) is 11.9. The van der Waals surface area contributed by atoms with Gasteiger partial charge in [0.05, 0.1) is 10.4 Å². The molecule has 0 bridgehead atoms. The van der Waals surface area contributed by atoms with Gasteiger partial charge in [-0.25, -0.2) is 9.67 Å². The lowest BCUT2D eigenvalue weighted by molar-refractivity contribution is 0.152. The predicted molar refractivity (Wildman–Crippen MR) is 74.5 cm³/mol. The Kier molecular flexibility index (Phi) is 3.20. The maximum absolute atomic E-state index is 9.35. The summed E-state index contributed by atoms with van der Waals surface area (Å²) in [5.41, 5.74) is 1.91. The maximum Gasteiger partial charge on any atom is 0.188 e. The van der Waals surface area contributed by atoms with E-state index in [1.54, 1.807) is 16.0 Å². The van der Waals surface area contributed by atoms with Gasteiger partial charge in [0.2, 0.25) is 0 Å². The van der Waals surface area contributed by atoms with E-state index in [2.05, 4.69) is 15.0 Å². The molecule has 1 fully saturated rings. The normalized spacial score (nSPS) is 23.7. The highest BCUT2D eigenvalue weighted by molar-refractivity contribution is 7.22. The minimum Gasteiger partial charge on any atom is -0.396 e. The first-order chi connectivity index (χ1) is 9.13. The largest absolute Gasteiger partial charge is 0.396 e. The molecule has 0 aliphatic carbocycles. The number of anilines is 1. The average molecular weight is 282 g/mol. The van der Waals surface area contributed by atoms with Gasteiger partial charge in [-0.15, -0.1) is 0 Å². The Hall–Kier alpha value is -1.18. The molecule has 7 heteroatoms. The molecule has 0 radical (unpaired) electrons. The van der Waals surface area contributed by atoms with Gasteiger partial charge in [-0.2, -0.15) is 5.10 Å². The van der Waals surface area contributed by atoms with E-state index in [0.717, 1.165) is 34.3 Å². The Morgan fingerprint density at radius 3 is 2.42 bits per heavy atom. The molecule has 3 heterocycles. The summed E-state index contributed by atoms with van der Waals surface area (Å²) in [6, 6.07) is 0. The van der Waals surface area contributed by atoms with E-state index >= 15 is 0 Å². The Labute approximate surface area is 115 Å². The van der Waals surface area contributed by atoms with Crippen molar-refractivity contribution in [2.24, 2.45) is 18.9 Å². The first-order valence-corrected chi connectivity index (χ1v) is 7.22. The highest BCUT2D eigenvalue weighted by Gasteiger charge is 2.33. The summed E-state index contributed by atoms with van der Waals surface area (Å²) < 4.78 is 2.92. The summed E-state index contributed by atoms with van der Waals surface area (Å²) >= 11 is 1.64. The lowest BCUT2D eigenvalue weighted by atomic mass is 9.98. The van der Waals surface area contributed by atoms with Crippen molar-refractivity contribution in [3.8, 4) is 0 Å². The summed E-state index contributed by atoms with van der Waals surface area (Å²) in [4.78, 5) is 6.79. The molecule has 3 rings (SSSR count). The van der Waals surface area contributed by atoms with Crippen LogP contribution in [0.3, 0.4) is 0 Å². The Bertz CT molecular complexity index is 547. The van der Waals surface area contributed by atoms with E-state index in [1.807, 2.05) is 14.0 Å².